The summed E-state index contributed by atoms with van der Waals surface area (Å²) < 4.78 is 41.4. The molecule has 192 valence electrons. The average Bonchev–Trinajstić information content (AvgIpc) is 2.82. The van der Waals surface area contributed by atoms with Crippen molar-refractivity contribution in [2.75, 3.05) is 19.6 Å². The molecule has 8 heteroatoms. The van der Waals surface area contributed by atoms with Gasteiger partial charge >= 0.3 is 6.36 Å². The van der Waals surface area contributed by atoms with Crippen LogP contribution in [0, 0.1) is 5.92 Å². The fourth-order valence-electron chi connectivity index (χ4n) is 5.74. The number of carbonyl (C=O) groups is 1. The number of fused-ring (bicyclic) bond motifs is 1. The largest absolute Gasteiger partial charge is 0.573 e. The highest BCUT2D eigenvalue weighted by Crippen LogP contribution is 2.49. The van der Waals surface area contributed by atoms with Crippen LogP contribution in [0.3, 0.4) is 0 Å². The second-order valence-corrected chi connectivity index (χ2v) is 9.64. The lowest BCUT2D eigenvalue weighted by atomic mass is 9.58. The number of nitrogens with zero attached hydrogens (tertiary/aromatic N) is 1. The van der Waals surface area contributed by atoms with Crippen LogP contribution < -0.4 is 10.1 Å². The highest BCUT2D eigenvalue weighted by Gasteiger charge is 2.48. The summed E-state index contributed by atoms with van der Waals surface area (Å²) in [6.07, 6.45) is 3.42. The minimum absolute atomic E-state index is 0.0494. The van der Waals surface area contributed by atoms with Gasteiger partial charge in [-0.15, -0.1) is 19.8 Å². The number of piperidine rings is 1. The SMILES string of the molecule is C=CCN1CCC2(c3cccc(O)c3)CC(NC(=O)C=Cc3cccc(OC(F)(F)F)c3)CCC2C1. The Morgan fingerprint density at radius 1 is 1.22 bits per heavy atom. The lowest BCUT2D eigenvalue weighted by Gasteiger charge is -2.53. The first-order chi connectivity index (χ1) is 17.2. The molecule has 1 amide bonds. The van der Waals surface area contributed by atoms with Crippen LogP contribution in [0.25, 0.3) is 6.08 Å². The van der Waals surface area contributed by atoms with Gasteiger partial charge in [-0.05, 0) is 79.6 Å². The Hall–Kier alpha value is -3.26. The number of carbonyl (C=O) groups excluding carboxylic acids is 1. The van der Waals surface area contributed by atoms with E-state index >= 15 is 0 Å². The van der Waals surface area contributed by atoms with E-state index in [1.54, 1.807) is 12.1 Å². The zero-order valence-corrected chi connectivity index (χ0v) is 20.0. The third-order valence-corrected chi connectivity index (χ3v) is 7.28. The number of phenolic OH excluding ortho intramolecular Hbond substituents is 1. The standard InChI is InChI=1S/C28H31F3N2O3/c1-2-14-33-15-13-27(21-6-4-7-24(34)17-21)18-23(11-10-22(27)19-33)32-26(35)12-9-20-5-3-8-25(16-20)36-28(29,30)31/h2-9,12,16-17,22-23,34H,1,10-11,13-15,18-19H2,(H,32,35). The van der Waals surface area contributed by atoms with Gasteiger partial charge in [-0.3, -0.25) is 9.69 Å². The van der Waals surface area contributed by atoms with E-state index in [1.165, 1.54) is 30.4 Å². The first-order valence-corrected chi connectivity index (χ1v) is 12.1. The van der Waals surface area contributed by atoms with Crippen LogP contribution in [-0.4, -0.2) is 48.0 Å². The molecule has 3 unspecified atom stereocenters. The number of amides is 1. The van der Waals surface area contributed by atoms with Crippen molar-refractivity contribution in [1.82, 2.24) is 10.2 Å². The summed E-state index contributed by atoms with van der Waals surface area (Å²) in [6.45, 7) is 6.56. The Morgan fingerprint density at radius 2 is 2.03 bits per heavy atom. The lowest BCUT2D eigenvalue weighted by Crippen LogP contribution is -2.56. The Labute approximate surface area is 209 Å². The number of rotatable bonds is 7. The van der Waals surface area contributed by atoms with Crippen molar-refractivity contribution in [3.63, 3.8) is 0 Å². The lowest BCUT2D eigenvalue weighted by molar-refractivity contribution is -0.274. The molecule has 0 spiro atoms. The van der Waals surface area contributed by atoms with E-state index in [-0.39, 0.29) is 28.9 Å². The summed E-state index contributed by atoms with van der Waals surface area (Å²) in [5.41, 5.74) is 1.38. The second-order valence-electron chi connectivity index (χ2n) is 9.64. The molecule has 0 bridgehead atoms. The predicted molar refractivity (Wildman–Crippen MR) is 132 cm³/mol. The van der Waals surface area contributed by atoms with E-state index in [0.29, 0.717) is 11.5 Å². The van der Waals surface area contributed by atoms with E-state index in [1.807, 2.05) is 18.2 Å². The van der Waals surface area contributed by atoms with Gasteiger partial charge in [0, 0.05) is 30.6 Å². The van der Waals surface area contributed by atoms with Crippen molar-refractivity contribution in [3.05, 3.63) is 78.4 Å². The normalized spacial score (nSPS) is 24.8. The summed E-state index contributed by atoms with van der Waals surface area (Å²) in [4.78, 5) is 15.1. The number of hydrogen-bond acceptors (Lipinski definition) is 4. The van der Waals surface area contributed by atoms with Crippen LogP contribution in [0.2, 0.25) is 0 Å². The minimum atomic E-state index is -4.77. The molecule has 4 rings (SSSR count). The second kappa shape index (κ2) is 10.8. The molecule has 2 fully saturated rings. The third-order valence-electron chi connectivity index (χ3n) is 7.28. The first-order valence-electron chi connectivity index (χ1n) is 12.1. The predicted octanol–water partition coefficient (Wildman–Crippen LogP) is 5.42. The van der Waals surface area contributed by atoms with Gasteiger partial charge in [0.15, 0.2) is 0 Å². The van der Waals surface area contributed by atoms with Gasteiger partial charge in [0.2, 0.25) is 5.91 Å². The molecule has 2 aromatic carbocycles. The Morgan fingerprint density at radius 3 is 2.78 bits per heavy atom. The fourth-order valence-corrected chi connectivity index (χ4v) is 5.74. The van der Waals surface area contributed by atoms with Gasteiger partial charge in [-0.2, -0.15) is 0 Å². The number of aromatic hydroxyl groups is 1. The van der Waals surface area contributed by atoms with Gasteiger partial charge in [-0.1, -0.05) is 30.3 Å². The molecule has 36 heavy (non-hydrogen) atoms. The van der Waals surface area contributed by atoms with Gasteiger partial charge < -0.3 is 15.2 Å². The molecule has 2 aromatic rings. The van der Waals surface area contributed by atoms with E-state index in [2.05, 4.69) is 27.6 Å². The van der Waals surface area contributed by atoms with Crippen molar-refractivity contribution in [3.8, 4) is 11.5 Å². The number of nitrogens with one attached hydrogen (secondary N) is 1. The zero-order valence-electron chi connectivity index (χ0n) is 20.0. The molecule has 0 radical (unpaired) electrons. The summed E-state index contributed by atoms with van der Waals surface area (Å²) in [5, 5.41) is 13.3. The van der Waals surface area contributed by atoms with Crippen LogP contribution >= 0.6 is 0 Å². The summed E-state index contributed by atoms with van der Waals surface area (Å²) >= 11 is 0. The molecule has 3 atom stereocenters. The smallest absolute Gasteiger partial charge is 0.508 e. The van der Waals surface area contributed by atoms with E-state index in [0.717, 1.165) is 50.9 Å². The number of alkyl halides is 3. The van der Waals surface area contributed by atoms with Crippen molar-refractivity contribution < 1.29 is 27.8 Å². The minimum Gasteiger partial charge on any atom is -0.508 e. The number of likely N-dealkylation sites (tertiary alicyclic amines) is 1. The van der Waals surface area contributed by atoms with Crippen molar-refractivity contribution in [2.45, 2.75) is 43.5 Å². The van der Waals surface area contributed by atoms with Gasteiger partial charge in [-0.25, -0.2) is 0 Å². The molecular weight excluding hydrogens is 469 g/mol. The molecule has 1 aliphatic heterocycles. The highest BCUT2D eigenvalue weighted by atomic mass is 19.4. The van der Waals surface area contributed by atoms with Crippen molar-refractivity contribution in [1.29, 1.82) is 0 Å². The monoisotopic (exact) mass is 500 g/mol. The Balaban J connectivity index is 1.46. The maximum Gasteiger partial charge on any atom is 0.573 e. The van der Waals surface area contributed by atoms with Crippen LogP contribution in [0.1, 0.15) is 36.8 Å². The van der Waals surface area contributed by atoms with E-state index in [4.69, 9.17) is 0 Å². The number of ether oxygens (including phenoxy) is 1. The number of benzene rings is 2. The van der Waals surface area contributed by atoms with Gasteiger partial charge in [0.25, 0.3) is 0 Å². The molecule has 1 saturated heterocycles. The van der Waals surface area contributed by atoms with Gasteiger partial charge in [0.1, 0.15) is 11.5 Å². The maximum atomic E-state index is 12.7. The van der Waals surface area contributed by atoms with Crippen molar-refractivity contribution >= 4 is 12.0 Å². The molecule has 1 aliphatic carbocycles. The summed E-state index contributed by atoms with van der Waals surface area (Å²) in [7, 11) is 0. The molecule has 1 heterocycles. The molecule has 2 aliphatic rings. The average molecular weight is 501 g/mol. The third kappa shape index (κ3) is 6.29. The Bertz CT molecular complexity index is 1120. The zero-order chi connectivity index (χ0) is 25.8. The quantitative estimate of drug-likeness (QED) is 0.394. The first kappa shape index (κ1) is 25.8. The van der Waals surface area contributed by atoms with E-state index < -0.39 is 6.36 Å². The number of halogens is 3. The summed E-state index contributed by atoms with van der Waals surface area (Å²) in [6, 6.07) is 12.9. The van der Waals surface area contributed by atoms with Crippen LogP contribution in [-0.2, 0) is 10.2 Å². The van der Waals surface area contributed by atoms with Crippen LogP contribution in [0.5, 0.6) is 11.5 Å². The molecule has 5 nitrogen and oxygen atoms in total. The highest BCUT2D eigenvalue weighted by molar-refractivity contribution is 5.92. The molecular formula is C28H31F3N2O3. The maximum absolute atomic E-state index is 12.7. The molecule has 1 saturated carbocycles. The van der Waals surface area contributed by atoms with Gasteiger partial charge in [0.05, 0.1) is 0 Å². The Kier molecular flexibility index (Phi) is 7.73. The molecule has 0 aromatic heterocycles. The molecule has 2 N–H and O–H groups in total. The van der Waals surface area contributed by atoms with Crippen molar-refractivity contribution in [2.24, 2.45) is 5.92 Å². The van der Waals surface area contributed by atoms with Crippen LogP contribution in [0.15, 0.2) is 67.3 Å². The van der Waals surface area contributed by atoms with E-state index in [9.17, 15) is 23.1 Å². The number of hydrogen-bond donors (Lipinski definition) is 2. The number of phenols is 1. The van der Waals surface area contributed by atoms with Crippen LogP contribution in [0.4, 0.5) is 13.2 Å². The fraction of sp³-hybridized carbons (Fsp3) is 0.393. The topological polar surface area (TPSA) is 61.8 Å². The summed E-state index contributed by atoms with van der Waals surface area (Å²) in [5.74, 6) is 0.00279.